The maximum atomic E-state index is 12.4. The molecule has 0 unspecified atom stereocenters. The van der Waals surface area contributed by atoms with Crippen LogP contribution in [0.3, 0.4) is 0 Å². The lowest BCUT2D eigenvalue weighted by atomic mass is 9.98. The zero-order chi connectivity index (χ0) is 19.9. The molecule has 2 aromatic rings. The van der Waals surface area contributed by atoms with E-state index in [4.69, 9.17) is 0 Å². The van der Waals surface area contributed by atoms with E-state index in [1.807, 2.05) is 24.4 Å². The zero-order valence-corrected chi connectivity index (χ0v) is 16.8. The molecule has 29 heavy (non-hydrogen) atoms. The smallest absolute Gasteiger partial charge is 0.234 e. The Bertz CT molecular complexity index is 765. The highest BCUT2D eigenvalue weighted by molar-refractivity contribution is 5.78. The third-order valence-electron chi connectivity index (χ3n) is 5.65. The molecule has 0 spiro atoms. The van der Waals surface area contributed by atoms with Crippen molar-refractivity contribution in [2.45, 2.75) is 12.8 Å². The Kier molecular flexibility index (Phi) is 6.51. The van der Waals surface area contributed by atoms with Crippen LogP contribution in [0.2, 0.25) is 0 Å². The van der Waals surface area contributed by atoms with Crippen LogP contribution in [-0.4, -0.2) is 78.1 Å². The van der Waals surface area contributed by atoms with E-state index in [-0.39, 0.29) is 5.91 Å². The van der Waals surface area contributed by atoms with Crippen LogP contribution in [0.15, 0.2) is 42.9 Å². The predicted octanol–water partition coefficient (Wildman–Crippen LogP) is 1.03. The number of aromatic nitrogens is 3. The first-order valence-corrected chi connectivity index (χ1v) is 10.4. The fourth-order valence-electron chi connectivity index (χ4n) is 4.06. The first-order valence-electron chi connectivity index (χ1n) is 10.4. The summed E-state index contributed by atoms with van der Waals surface area (Å²) in [4.78, 5) is 32.2. The molecular formula is C21H29N7O. The van der Waals surface area contributed by atoms with Crippen molar-refractivity contribution in [2.24, 2.45) is 5.92 Å². The summed E-state index contributed by atoms with van der Waals surface area (Å²) in [5.41, 5.74) is 0. The van der Waals surface area contributed by atoms with Crippen LogP contribution in [0, 0.1) is 5.92 Å². The number of amides is 1. The Labute approximate surface area is 172 Å². The molecule has 4 heterocycles. The fraction of sp³-hybridized carbons (Fsp3) is 0.524. The number of carbonyl (C=O) groups is 1. The Morgan fingerprint density at radius 3 is 2.52 bits per heavy atom. The molecule has 2 fully saturated rings. The van der Waals surface area contributed by atoms with E-state index in [1.165, 1.54) is 0 Å². The first-order chi connectivity index (χ1) is 14.3. The molecule has 2 saturated heterocycles. The number of piperazine rings is 1. The van der Waals surface area contributed by atoms with Crippen molar-refractivity contribution < 1.29 is 4.79 Å². The Hall–Kier alpha value is -2.74. The van der Waals surface area contributed by atoms with E-state index in [1.54, 1.807) is 12.4 Å². The molecule has 0 radical (unpaired) electrons. The lowest BCUT2D eigenvalue weighted by Gasteiger charge is -2.35. The third kappa shape index (κ3) is 5.41. The second-order valence-corrected chi connectivity index (χ2v) is 7.76. The summed E-state index contributed by atoms with van der Waals surface area (Å²) in [6.07, 6.45) is 7.66. The second-order valence-electron chi connectivity index (χ2n) is 7.76. The van der Waals surface area contributed by atoms with Crippen LogP contribution in [0.25, 0.3) is 0 Å². The van der Waals surface area contributed by atoms with Gasteiger partial charge in [0.05, 0.1) is 6.54 Å². The largest absolute Gasteiger partial charge is 0.356 e. The lowest BCUT2D eigenvalue weighted by molar-refractivity contribution is -0.122. The Morgan fingerprint density at radius 2 is 1.76 bits per heavy atom. The van der Waals surface area contributed by atoms with Crippen molar-refractivity contribution in [3.63, 3.8) is 0 Å². The molecule has 0 saturated carbocycles. The highest BCUT2D eigenvalue weighted by Crippen LogP contribution is 2.20. The molecule has 1 amide bonds. The predicted molar refractivity (Wildman–Crippen MR) is 113 cm³/mol. The highest BCUT2D eigenvalue weighted by Gasteiger charge is 2.23. The molecule has 8 nitrogen and oxygen atoms in total. The fourth-order valence-corrected chi connectivity index (χ4v) is 4.06. The summed E-state index contributed by atoms with van der Waals surface area (Å²) in [6.45, 7) is 6.58. The number of carbonyl (C=O) groups excluding carboxylic acids is 1. The summed E-state index contributed by atoms with van der Waals surface area (Å²) in [6, 6.07) is 7.85. The number of anilines is 2. The standard InChI is InChI=1S/C21H29N7O/c29-20(17-26-11-13-27(14-12-26)21-23-8-4-9-24-21)25-15-18-5-3-10-28(16-18)19-6-1-2-7-22-19/h1-2,4,6-9,18H,3,5,10-17H2,(H,25,29)/t18-/m1/s1. The molecule has 1 N–H and O–H groups in total. The SMILES string of the molecule is O=C(CN1CCN(c2ncccn2)CC1)NC[C@H]1CCCN(c2ccccn2)C1. The summed E-state index contributed by atoms with van der Waals surface area (Å²) >= 11 is 0. The van der Waals surface area contributed by atoms with Crippen LogP contribution >= 0.6 is 0 Å². The van der Waals surface area contributed by atoms with Gasteiger partial charge in [-0.15, -0.1) is 0 Å². The lowest BCUT2D eigenvalue weighted by Crippen LogP contribution is -2.50. The monoisotopic (exact) mass is 395 g/mol. The molecule has 1 atom stereocenters. The second kappa shape index (κ2) is 9.65. The van der Waals surface area contributed by atoms with E-state index in [9.17, 15) is 4.79 Å². The number of pyridine rings is 1. The van der Waals surface area contributed by atoms with Gasteiger partial charge in [0, 0.05) is 64.4 Å². The van der Waals surface area contributed by atoms with Gasteiger partial charge in [-0.3, -0.25) is 9.69 Å². The van der Waals surface area contributed by atoms with E-state index in [2.05, 4.69) is 41.0 Å². The number of nitrogens with one attached hydrogen (secondary N) is 1. The molecular weight excluding hydrogens is 366 g/mol. The number of nitrogens with zero attached hydrogens (tertiary/aromatic N) is 6. The van der Waals surface area contributed by atoms with E-state index >= 15 is 0 Å². The van der Waals surface area contributed by atoms with Crippen LogP contribution in [0.4, 0.5) is 11.8 Å². The quantitative estimate of drug-likeness (QED) is 0.783. The minimum absolute atomic E-state index is 0.115. The molecule has 0 bridgehead atoms. The molecule has 0 aliphatic carbocycles. The van der Waals surface area contributed by atoms with E-state index < -0.39 is 0 Å². The van der Waals surface area contributed by atoms with Gasteiger partial charge in [-0.1, -0.05) is 6.07 Å². The number of piperidine rings is 1. The van der Waals surface area contributed by atoms with Gasteiger partial charge in [0.15, 0.2) is 0 Å². The topological polar surface area (TPSA) is 77.5 Å². The molecule has 2 aromatic heterocycles. The molecule has 154 valence electrons. The average molecular weight is 396 g/mol. The van der Waals surface area contributed by atoms with Gasteiger partial charge in [0.1, 0.15) is 5.82 Å². The molecule has 2 aliphatic rings. The average Bonchev–Trinajstić information content (AvgIpc) is 2.80. The van der Waals surface area contributed by atoms with Crippen LogP contribution in [0.5, 0.6) is 0 Å². The minimum Gasteiger partial charge on any atom is -0.356 e. The van der Waals surface area contributed by atoms with Crippen molar-refractivity contribution in [3.05, 3.63) is 42.9 Å². The third-order valence-corrected chi connectivity index (χ3v) is 5.65. The van der Waals surface area contributed by atoms with E-state index in [0.29, 0.717) is 12.5 Å². The van der Waals surface area contributed by atoms with Crippen molar-refractivity contribution in [3.8, 4) is 0 Å². The van der Waals surface area contributed by atoms with E-state index in [0.717, 1.165) is 70.4 Å². The van der Waals surface area contributed by atoms with Crippen LogP contribution in [0.1, 0.15) is 12.8 Å². The van der Waals surface area contributed by atoms with Crippen molar-refractivity contribution in [1.82, 2.24) is 25.2 Å². The van der Waals surface area contributed by atoms with Crippen molar-refractivity contribution in [2.75, 3.05) is 62.2 Å². The highest BCUT2D eigenvalue weighted by atomic mass is 16.2. The van der Waals surface area contributed by atoms with Gasteiger partial charge in [0.25, 0.3) is 0 Å². The maximum Gasteiger partial charge on any atom is 0.234 e. The van der Waals surface area contributed by atoms with Crippen molar-refractivity contribution in [1.29, 1.82) is 0 Å². The number of rotatable bonds is 6. The molecule has 8 heteroatoms. The summed E-state index contributed by atoms with van der Waals surface area (Å²) < 4.78 is 0. The zero-order valence-electron chi connectivity index (χ0n) is 16.8. The van der Waals surface area contributed by atoms with Crippen LogP contribution < -0.4 is 15.1 Å². The van der Waals surface area contributed by atoms with Crippen LogP contribution in [-0.2, 0) is 4.79 Å². The van der Waals surface area contributed by atoms with Gasteiger partial charge in [-0.05, 0) is 37.0 Å². The van der Waals surface area contributed by atoms with Crippen molar-refractivity contribution >= 4 is 17.7 Å². The normalized spacial score (nSPS) is 20.5. The Balaban J connectivity index is 1.18. The maximum absolute atomic E-state index is 12.4. The molecule has 0 aromatic carbocycles. The minimum atomic E-state index is 0.115. The number of hydrogen-bond acceptors (Lipinski definition) is 7. The molecule has 4 rings (SSSR count). The summed E-state index contributed by atoms with van der Waals surface area (Å²) in [5.74, 6) is 2.39. The van der Waals surface area contributed by atoms with Gasteiger partial charge in [0.2, 0.25) is 11.9 Å². The summed E-state index contributed by atoms with van der Waals surface area (Å²) in [5, 5.41) is 3.15. The van der Waals surface area contributed by atoms with Gasteiger partial charge < -0.3 is 15.1 Å². The molecule has 2 aliphatic heterocycles. The van der Waals surface area contributed by atoms with Gasteiger partial charge in [-0.25, -0.2) is 15.0 Å². The van der Waals surface area contributed by atoms with Gasteiger partial charge >= 0.3 is 0 Å². The first kappa shape index (κ1) is 19.6. The number of hydrogen-bond donors (Lipinski definition) is 1. The van der Waals surface area contributed by atoms with Gasteiger partial charge in [-0.2, -0.15) is 0 Å². The summed E-state index contributed by atoms with van der Waals surface area (Å²) in [7, 11) is 0. The Morgan fingerprint density at radius 1 is 0.966 bits per heavy atom.